The predicted molar refractivity (Wildman–Crippen MR) is 123 cm³/mol. The highest BCUT2D eigenvalue weighted by Gasteiger charge is 2.24. The smallest absolute Gasteiger partial charge is 0.273 e. The number of thiazole rings is 1. The summed E-state index contributed by atoms with van der Waals surface area (Å²) in [4.78, 5) is 21.8. The van der Waals surface area contributed by atoms with E-state index in [-0.39, 0.29) is 5.91 Å². The molecule has 0 unspecified atom stereocenters. The molecule has 4 rings (SSSR count). The minimum Gasteiger partial charge on any atom is -0.488 e. The van der Waals surface area contributed by atoms with Crippen molar-refractivity contribution >= 4 is 17.2 Å². The first kappa shape index (κ1) is 21.5. The molecule has 0 bridgehead atoms. The molecule has 3 aromatic rings. The highest BCUT2D eigenvalue weighted by Crippen LogP contribution is 2.33. The van der Waals surface area contributed by atoms with E-state index in [1.807, 2.05) is 64.9 Å². The minimum absolute atomic E-state index is 0.00317. The van der Waals surface area contributed by atoms with E-state index in [1.54, 1.807) is 7.11 Å². The normalized spacial score (nSPS) is 14.5. The lowest BCUT2D eigenvalue weighted by atomic mass is 10.2. The van der Waals surface area contributed by atoms with Crippen LogP contribution in [0.2, 0.25) is 0 Å². The van der Waals surface area contributed by atoms with Crippen LogP contribution < -0.4 is 4.74 Å². The minimum atomic E-state index is -0.00317. The third kappa shape index (κ3) is 5.50. The molecule has 1 aliphatic rings. The van der Waals surface area contributed by atoms with E-state index in [4.69, 9.17) is 9.47 Å². The fourth-order valence-electron chi connectivity index (χ4n) is 3.56. The molecule has 1 saturated heterocycles. The number of nitrogens with zero attached hydrogens (tertiary/aromatic N) is 3. The predicted octanol–water partition coefficient (Wildman–Crippen LogP) is 3.79. The van der Waals surface area contributed by atoms with Crippen molar-refractivity contribution in [3.63, 3.8) is 0 Å². The molecule has 0 N–H and O–H groups in total. The molecule has 2 aromatic carbocycles. The summed E-state index contributed by atoms with van der Waals surface area (Å²) < 4.78 is 11.2. The number of methoxy groups -OCH3 is 1. The van der Waals surface area contributed by atoms with Gasteiger partial charge in [-0.2, -0.15) is 0 Å². The van der Waals surface area contributed by atoms with E-state index in [2.05, 4.69) is 9.88 Å². The zero-order chi connectivity index (χ0) is 21.5. The molecule has 2 heterocycles. The lowest BCUT2D eigenvalue weighted by Gasteiger charge is -2.34. The molecule has 6 nitrogen and oxygen atoms in total. The monoisotopic (exact) mass is 437 g/mol. The third-order valence-electron chi connectivity index (χ3n) is 5.35. The van der Waals surface area contributed by atoms with Crippen LogP contribution >= 0.6 is 11.3 Å². The van der Waals surface area contributed by atoms with Gasteiger partial charge in [-0.05, 0) is 17.7 Å². The zero-order valence-electron chi connectivity index (χ0n) is 17.7. The van der Waals surface area contributed by atoms with Crippen molar-refractivity contribution in [3.05, 3.63) is 71.2 Å². The highest BCUT2D eigenvalue weighted by atomic mass is 32.1. The number of hydrogen-bond acceptors (Lipinski definition) is 6. The molecule has 0 radical (unpaired) electrons. The van der Waals surface area contributed by atoms with Gasteiger partial charge in [0.2, 0.25) is 0 Å². The number of amides is 1. The van der Waals surface area contributed by atoms with Gasteiger partial charge in [0.05, 0.1) is 12.2 Å². The lowest BCUT2D eigenvalue weighted by Crippen LogP contribution is -2.49. The van der Waals surface area contributed by atoms with E-state index in [9.17, 15) is 4.79 Å². The van der Waals surface area contributed by atoms with Gasteiger partial charge < -0.3 is 14.4 Å². The Morgan fingerprint density at radius 1 is 1.03 bits per heavy atom. The summed E-state index contributed by atoms with van der Waals surface area (Å²) in [6, 6.07) is 17.9. The Labute approximate surface area is 187 Å². The summed E-state index contributed by atoms with van der Waals surface area (Å²) >= 11 is 1.48. The van der Waals surface area contributed by atoms with Crippen molar-refractivity contribution < 1.29 is 14.3 Å². The standard InChI is InChI=1S/C24H27N3O3S/c1-29-16-15-26-11-13-27(14-12-26)24(28)21-18-31-23(25-21)20-9-5-6-10-22(20)30-17-19-7-3-2-4-8-19/h2-10,18H,11-17H2,1H3. The maximum atomic E-state index is 13.0. The molecule has 1 amide bonds. The van der Waals surface area contributed by atoms with Crippen molar-refractivity contribution in [1.82, 2.24) is 14.8 Å². The van der Waals surface area contributed by atoms with Gasteiger partial charge in [0.15, 0.2) is 0 Å². The number of aromatic nitrogens is 1. The molecule has 1 aliphatic heterocycles. The second kappa shape index (κ2) is 10.5. The van der Waals surface area contributed by atoms with Gasteiger partial charge in [-0.25, -0.2) is 4.98 Å². The summed E-state index contributed by atoms with van der Waals surface area (Å²) in [7, 11) is 1.71. The van der Waals surface area contributed by atoms with E-state index < -0.39 is 0 Å². The molecular weight excluding hydrogens is 410 g/mol. The zero-order valence-corrected chi connectivity index (χ0v) is 18.5. The highest BCUT2D eigenvalue weighted by molar-refractivity contribution is 7.13. The van der Waals surface area contributed by atoms with Crippen LogP contribution in [0.15, 0.2) is 60.0 Å². The Kier molecular flexibility index (Phi) is 7.30. The number of carbonyl (C=O) groups is 1. The van der Waals surface area contributed by atoms with Crippen molar-refractivity contribution in [3.8, 4) is 16.3 Å². The molecule has 0 atom stereocenters. The van der Waals surface area contributed by atoms with E-state index in [0.717, 1.165) is 48.1 Å². The summed E-state index contributed by atoms with van der Waals surface area (Å²) in [6.07, 6.45) is 0. The molecule has 0 saturated carbocycles. The molecule has 31 heavy (non-hydrogen) atoms. The quantitative estimate of drug-likeness (QED) is 0.537. The Balaban J connectivity index is 1.41. The Morgan fingerprint density at radius 3 is 2.55 bits per heavy atom. The summed E-state index contributed by atoms with van der Waals surface area (Å²) in [5.41, 5.74) is 2.52. The summed E-state index contributed by atoms with van der Waals surface area (Å²) in [6.45, 7) is 5.26. The maximum Gasteiger partial charge on any atom is 0.273 e. The molecular formula is C24H27N3O3S. The van der Waals surface area contributed by atoms with Crippen molar-refractivity contribution in [1.29, 1.82) is 0 Å². The third-order valence-corrected chi connectivity index (χ3v) is 6.22. The Hall–Kier alpha value is -2.74. The van der Waals surface area contributed by atoms with Gasteiger partial charge in [0.1, 0.15) is 23.1 Å². The first-order valence-corrected chi connectivity index (χ1v) is 11.3. The number of rotatable bonds is 8. The number of hydrogen-bond donors (Lipinski definition) is 0. The largest absolute Gasteiger partial charge is 0.488 e. The van der Waals surface area contributed by atoms with Gasteiger partial charge in [-0.1, -0.05) is 42.5 Å². The number of piperazine rings is 1. The van der Waals surface area contributed by atoms with Gasteiger partial charge in [0.25, 0.3) is 5.91 Å². The van der Waals surface area contributed by atoms with E-state index >= 15 is 0 Å². The van der Waals surface area contributed by atoms with Crippen molar-refractivity contribution in [2.75, 3.05) is 46.4 Å². The molecule has 0 aliphatic carbocycles. The van der Waals surface area contributed by atoms with Crippen LogP contribution in [0, 0.1) is 0 Å². The fraction of sp³-hybridized carbons (Fsp3) is 0.333. The average Bonchev–Trinajstić information content (AvgIpc) is 3.32. The second-order valence-corrected chi connectivity index (χ2v) is 8.29. The lowest BCUT2D eigenvalue weighted by molar-refractivity contribution is 0.0589. The average molecular weight is 438 g/mol. The number of para-hydroxylation sites is 1. The van der Waals surface area contributed by atoms with Crippen LogP contribution in [0.4, 0.5) is 0 Å². The molecule has 0 spiro atoms. The maximum absolute atomic E-state index is 13.0. The van der Waals surface area contributed by atoms with Crippen LogP contribution in [0.25, 0.3) is 10.6 Å². The first-order valence-electron chi connectivity index (χ1n) is 10.5. The second-order valence-electron chi connectivity index (χ2n) is 7.43. The van der Waals surface area contributed by atoms with Crippen LogP contribution in [0.3, 0.4) is 0 Å². The number of carbonyl (C=O) groups excluding carboxylic acids is 1. The topological polar surface area (TPSA) is 54.9 Å². The van der Waals surface area contributed by atoms with E-state index in [1.165, 1.54) is 11.3 Å². The van der Waals surface area contributed by atoms with Gasteiger partial charge >= 0.3 is 0 Å². The van der Waals surface area contributed by atoms with Gasteiger partial charge in [0, 0.05) is 45.2 Å². The molecule has 7 heteroatoms. The van der Waals surface area contributed by atoms with Crippen LogP contribution in [0.1, 0.15) is 16.1 Å². The fourth-order valence-corrected chi connectivity index (χ4v) is 4.38. The first-order chi connectivity index (χ1) is 15.2. The van der Waals surface area contributed by atoms with E-state index in [0.29, 0.717) is 25.4 Å². The number of ether oxygens (including phenoxy) is 2. The van der Waals surface area contributed by atoms with Gasteiger partial charge in [-0.3, -0.25) is 9.69 Å². The molecule has 1 aromatic heterocycles. The van der Waals surface area contributed by atoms with Crippen LogP contribution in [-0.2, 0) is 11.3 Å². The Bertz CT molecular complexity index is 984. The molecule has 1 fully saturated rings. The van der Waals surface area contributed by atoms with Crippen LogP contribution in [0.5, 0.6) is 5.75 Å². The van der Waals surface area contributed by atoms with Gasteiger partial charge in [-0.15, -0.1) is 11.3 Å². The molecule has 162 valence electrons. The summed E-state index contributed by atoms with van der Waals surface area (Å²) in [5.74, 6) is 0.767. The SMILES string of the molecule is COCCN1CCN(C(=O)c2csc(-c3ccccc3OCc3ccccc3)n2)CC1. The van der Waals surface area contributed by atoms with Crippen molar-refractivity contribution in [2.24, 2.45) is 0 Å². The Morgan fingerprint density at radius 2 is 1.77 bits per heavy atom. The summed E-state index contributed by atoms with van der Waals surface area (Å²) in [5, 5.41) is 2.65. The number of benzene rings is 2. The van der Waals surface area contributed by atoms with Crippen LogP contribution in [-0.4, -0.2) is 67.1 Å². The van der Waals surface area contributed by atoms with Crippen molar-refractivity contribution in [2.45, 2.75) is 6.61 Å².